The minimum atomic E-state index is -0.282. The fourth-order valence-electron chi connectivity index (χ4n) is 5.01. The summed E-state index contributed by atoms with van der Waals surface area (Å²) in [6.07, 6.45) is 2.31. The van der Waals surface area contributed by atoms with Gasteiger partial charge in [0.1, 0.15) is 0 Å². The second-order valence-corrected chi connectivity index (χ2v) is 9.03. The zero-order chi connectivity index (χ0) is 24.5. The smallest absolute Gasteiger partial charge is 0.318 e. The van der Waals surface area contributed by atoms with E-state index in [1.807, 2.05) is 17.0 Å². The van der Waals surface area contributed by atoms with Crippen molar-refractivity contribution in [2.24, 2.45) is 0 Å². The number of urea groups is 1. The Morgan fingerprint density at radius 2 is 1.77 bits per heavy atom. The van der Waals surface area contributed by atoms with E-state index < -0.39 is 0 Å². The molecule has 0 aliphatic carbocycles. The highest BCUT2D eigenvalue weighted by atomic mass is 16.5. The van der Waals surface area contributed by atoms with E-state index in [-0.39, 0.29) is 30.4 Å². The summed E-state index contributed by atoms with van der Waals surface area (Å²) in [6, 6.07) is 17.2. The number of benzene rings is 2. The van der Waals surface area contributed by atoms with Crippen molar-refractivity contribution in [3.63, 3.8) is 0 Å². The molecule has 2 aliphatic rings. The summed E-state index contributed by atoms with van der Waals surface area (Å²) in [7, 11) is 3.14. The molecule has 2 aliphatic heterocycles. The van der Waals surface area contributed by atoms with Crippen molar-refractivity contribution in [1.29, 1.82) is 0 Å². The van der Waals surface area contributed by atoms with Crippen LogP contribution in [0.15, 0.2) is 60.8 Å². The van der Waals surface area contributed by atoms with E-state index in [1.54, 1.807) is 31.3 Å². The van der Waals surface area contributed by atoms with Crippen molar-refractivity contribution < 1.29 is 19.1 Å². The van der Waals surface area contributed by atoms with Crippen molar-refractivity contribution in [1.82, 2.24) is 14.8 Å². The monoisotopic (exact) mass is 474 g/mol. The summed E-state index contributed by atoms with van der Waals surface area (Å²) in [5.74, 6) is 1.12. The molecule has 3 aromatic rings. The highest BCUT2D eigenvalue weighted by Crippen LogP contribution is 2.34. The molecule has 8 heteroatoms. The van der Waals surface area contributed by atoms with Gasteiger partial charge in [0.2, 0.25) is 5.91 Å². The van der Waals surface area contributed by atoms with E-state index >= 15 is 0 Å². The Balaban J connectivity index is 1.34. The Morgan fingerprint density at radius 3 is 2.51 bits per heavy atom. The number of carbonyl (C=O) groups excluding carboxylic acids is 2. The second kappa shape index (κ2) is 9.37. The van der Waals surface area contributed by atoms with Gasteiger partial charge in [-0.05, 0) is 36.8 Å². The fraction of sp³-hybridized carbons (Fsp3) is 0.333. The normalized spacial score (nSPS) is 19.5. The molecule has 5 rings (SSSR count). The number of rotatable bonds is 5. The summed E-state index contributed by atoms with van der Waals surface area (Å²) < 4.78 is 12.9. The van der Waals surface area contributed by atoms with Crippen molar-refractivity contribution >= 4 is 17.6 Å². The van der Waals surface area contributed by atoms with Gasteiger partial charge in [-0.1, -0.05) is 29.8 Å². The average Bonchev–Trinajstić information content (AvgIpc) is 3.49. The number of aryl methyl sites for hydroxylation is 1. The highest BCUT2D eigenvalue weighted by molar-refractivity contribution is 5.97. The Bertz CT molecular complexity index is 1240. The van der Waals surface area contributed by atoms with Crippen LogP contribution in [0.4, 0.5) is 10.5 Å². The van der Waals surface area contributed by atoms with Gasteiger partial charge in [0, 0.05) is 49.7 Å². The molecule has 1 aromatic heterocycles. The fourth-order valence-corrected chi connectivity index (χ4v) is 5.01. The number of hydrogen-bond acceptors (Lipinski definition) is 4. The molecule has 2 aromatic carbocycles. The van der Waals surface area contributed by atoms with E-state index in [9.17, 15) is 9.59 Å². The van der Waals surface area contributed by atoms with Gasteiger partial charge >= 0.3 is 6.03 Å². The van der Waals surface area contributed by atoms with Crippen molar-refractivity contribution in [2.75, 3.05) is 32.2 Å². The lowest BCUT2D eigenvalue weighted by atomic mass is 9.99. The number of hydrogen-bond donors (Lipinski definition) is 1. The molecule has 3 heterocycles. The first-order valence-electron chi connectivity index (χ1n) is 11.8. The van der Waals surface area contributed by atoms with Gasteiger partial charge in [-0.3, -0.25) is 4.79 Å². The number of amides is 3. The molecule has 0 spiro atoms. The first-order chi connectivity index (χ1) is 17.0. The highest BCUT2D eigenvalue weighted by Gasteiger charge is 2.36. The van der Waals surface area contributed by atoms with Gasteiger partial charge in [-0.2, -0.15) is 0 Å². The molecule has 182 valence electrons. The lowest BCUT2D eigenvalue weighted by Gasteiger charge is -2.38. The molecular weight excluding hydrogens is 444 g/mol. The molecule has 2 atom stereocenters. The van der Waals surface area contributed by atoms with Gasteiger partial charge in [0.05, 0.1) is 26.3 Å². The van der Waals surface area contributed by atoms with Crippen LogP contribution >= 0.6 is 0 Å². The van der Waals surface area contributed by atoms with Crippen LogP contribution in [0.3, 0.4) is 0 Å². The summed E-state index contributed by atoms with van der Waals surface area (Å²) in [4.78, 5) is 29.9. The Morgan fingerprint density at radius 1 is 1.00 bits per heavy atom. The van der Waals surface area contributed by atoms with E-state index in [1.165, 1.54) is 5.56 Å². The maximum atomic E-state index is 13.5. The van der Waals surface area contributed by atoms with Crippen molar-refractivity contribution in [2.45, 2.75) is 32.0 Å². The van der Waals surface area contributed by atoms with Crippen molar-refractivity contribution in [3.05, 3.63) is 77.6 Å². The molecule has 1 saturated heterocycles. The third kappa shape index (κ3) is 4.32. The Kier molecular flexibility index (Phi) is 6.11. The van der Waals surface area contributed by atoms with Gasteiger partial charge < -0.3 is 29.2 Å². The molecular formula is C27H30N4O4. The van der Waals surface area contributed by atoms with Crippen LogP contribution in [0.25, 0.3) is 0 Å². The number of nitrogens with zero attached hydrogens (tertiary/aromatic N) is 3. The molecule has 3 amide bonds. The van der Waals surface area contributed by atoms with Crippen LogP contribution in [-0.4, -0.2) is 54.8 Å². The number of fused-ring (bicyclic) bond motifs is 1. The maximum Gasteiger partial charge on any atom is 0.318 e. The number of methoxy groups -OCH3 is 2. The summed E-state index contributed by atoms with van der Waals surface area (Å²) in [5.41, 5.74) is 4.05. The second-order valence-electron chi connectivity index (χ2n) is 9.03. The molecule has 0 bridgehead atoms. The van der Waals surface area contributed by atoms with Crippen LogP contribution in [0.2, 0.25) is 0 Å². The molecule has 8 nitrogen and oxygen atoms in total. The molecule has 35 heavy (non-hydrogen) atoms. The standard InChI is InChI=1S/C27H30N4O4/c1-18-6-8-19(9-7-18)26-22-5-4-12-29(22)13-14-30(26)27(33)28-20-15-25(32)31(17-20)21-10-11-23(34-2)24(16-21)35-3/h4-12,16,20,26H,13-15,17H2,1-3H3,(H,28,33). The van der Waals surface area contributed by atoms with Crippen LogP contribution in [0.1, 0.15) is 29.3 Å². The number of aromatic nitrogens is 1. The minimum absolute atomic E-state index is 0.0369. The van der Waals surface area contributed by atoms with Crippen molar-refractivity contribution in [3.8, 4) is 11.5 Å². The molecule has 2 unspecified atom stereocenters. The van der Waals surface area contributed by atoms with Crippen LogP contribution in [-0.2, 0) is 11.3 Å². The van der Waals surface area contributed by atoms with E-state index in [4.69, 9.17) is 9.47 Å². The SMILES string of the molecule is COc1ccc(N2CC(NC(=O)N3CCn4cccc4C3c3ccc(C)cc3)CC2=O)cc1OC. The molecule has 1 N–H and O–H groups in total. The lowest BCUT2D eigenvalue weighted by Crippen LogP contribution is -2.50. The van der Waals surface area contributed by atoms with Gasteiger partial charge in [0.25, 0.3) is 0 Å². The predicted octanol–water partition coefficient (Wildman–Crippen LogP) is 3.73. The zero-order valence-electron chi connectivity index (χ0n) is 20.2. The van der Waals surface area contributed by atoms with Crippen LogP contribution < -0.4 is 19.7 Å². The number of nitrogens with one attached hydrogen (secondary N) is 1. The van der Waals surface area contributed by atoms with Crippen LogP contribution in [0, 0.1) is 6.92 Å². The van der Waals surface area contributed by atoms with E-state index in [0.717, 1.165) is 23.5 Å². The third-order valence-electron chi connectivity index (χ3n) is 6.82. The predicted molar refractivity (Wildman–Crippen MR) is 133 cm³/mol. The Labute approximate surface area is 205 Å². The zero-order valence-corrected chi connectivity index (χ0v) is 20.2. The molecule has 0 radical (unpaired) electrons. The van der Waals surface area contributed by atoms with E-state index in [2.05, 4.69) is 53.3 Å². The van der Waals surface area contributed by atoms with Gasteiger partial charge in [-0.25, -0.2) is 4.79 Å². The quantitative estimate of drug-likeness (QED) is 0.611. The number of ether oxygens (including phenoxy) is 2. The summed E-state index contributed by atoms with van der Waals surface area (Å²) in [6.45, 7) is 3.78. The summed E-state index contributed by atoms with van der Waals surface area (Å²) in [5, 5.41) is 3.12. The van der Waals surface area contributed by atoms with Gasteiger partial charge in [0.15, 0.2) is 11.5 Å². The number of carbonyl (C=O) groups is 2. The average molecular weight is 475 g/mol. The maximum absolute atomic E-state index is 13.5. The topological polar surface area (TPSA) is 76.0 Å². The molecule has 1 fully saturated rings. The largest absolute Gasteiger partial charge is 0.493 e. The van der Waals surface area contributed by atoms with Gasteiger partial charge in [-0.15, -0.1) is 0 Å². The third-order valence-corrected chi connectivity index (χ3v) is 6.82. The number of anilines is 1. The minimum Gasteiger partial charge on any atom is -0.493 e. The summed E-state index contributed by atoms with van der Waals surface area (Å²) >= 11 is 0. The first kappa shape index (κ1) is 22.8. The lowest BCUT2D eigenvalue weighted by molar-refractivity contribution is -0.117. The molecule has 0 saturated carbocycles. The van der Waals surface area contributed by atoms with E-state index in [0.29, 0.717) is 24.6 Å². The first-order valence-corrected chi connectivity index (χ1v) is 11.8. The Hall–Kier alpha value is -3.94. The van der Waals surface area contributed by atoms with Crippen LogP contribution in [0.5, 0.6) is 11.5 Å².